The van der Waals surface area contributed by atoms with Crippen molar-refractivity contribution in [2.75, 3.05) is 0 Å². The molecule has 2 N–H and O–H groups in total. The summed E-state index contributed by atoms with van der Waals surface area (Å²) in [6.07, 6.45) is 2.96. The highest BCUT2D eigenvalue weighted by Crippen LogP contribution is 2.33. The Balaban J connectivity index is 3.54. The highest BCUT2D eigenvalue weighted by atomic mass is 16.3. The Kier molecular flexibility index (Phi) is 1.95. The van der Waals surface area contributed by atoms with Crippen LogP contribution < -0.4 is 0 Å². The van der Waals surface area contributed by atoms with E-state index in [1.807, 2.05) is 0 Å². The molecule has 64 valence electrons. The molecule has 1 heterocycles. The fourth-order valence-electron chi connectivity index (χ4n) is 1.11. The van der Waals surface area contributed by atoms with Crippen LogP contribution in [0, 0.1) is 0 Å². The van der Waals surface area contributed by atoms with Crippen molar-refractivity contribution in [1.29, 1.82) is 0 Å². The molecule has 0 amide bonds. The Morgan fingerprint density at radius 3 is 1.67 bits per heavy atom. The molecule has 1 aromatic rings. The van der Waals surface area contributed by atoms with Crippen LogP contribution in [-0.2, 0) is 7.05 Å². The zero-order valence-electron chi connectivity index (χ0n) is 6.91. The standard InChI is InChI=1S/C9H11NO2/c1-4-6-7(5-2)9(12)10(3)8(6)11/h4-5,11-12H,1-2H2,3H3. The summed E-state index contributed by atoms with van der Waals surface area (Å²) < 4.78 is 1.27. The third-order valence-corrected chi connectivity index (χ3v) is 1.82. The minimum Gasteiger partial charge on any atom is -0.494 e. The lowest BCUT2D eigenvalue weighted by Gasteiger charge is -1.95. The van der Waals surface area contributed by atoms with Crippen LogP contribution in [0.2, 0.25) is 0 Å². The van der Waals surface area contributed by atoms with Gasteiger partial charge in [0.2, 0.25) is 11.8 Å². The minimum atomic E-state index is -0.00241. The van der Waals surface area contributed by atoms with Gasteiger partial charge < -0.3 is 10.2 Å². The summed E-state index contributed by atoms with van der Waals surface area (Å²) in [5.74, 6) is -0.00481. The molecule has 0 saturated carbocycles. The Morgan fingerprint density at radius 1 is 1.08 bits per heavy atom. The van der Waals surface area contributed by atoms with Gasteiger partial charge in [0.1, 0.15) is 0 Å². The van der Waals surface area contributed by atoms with E-state index >= 15 is 0 Å². The van der Waals surface area contributed by atoms with Gasteiger partial charge in [-0.3, -0.25) is 4.57 Å². The molecule has 12 heavy (non-hydrogen) atoms. The van der Waals surface area contributed by atoms with Crippen LogP contribution in [-0.4, -0.2) is 14.8 Å². The van der Waals surface area contributed by atoms with Gasteiger partial charge in [-0.2, -0.15) is 0 Å². The molecule has 0 spiro atoms. The van der Waals surface area contributed by atoms with Gasteiger partial charge in [-0.25, -0.2) is 0 Å². The molecule has 0 radical (unpaired) electrons. The summed E-state index contributed by atoms with van der Waals surface area (Å²) in [7, 11) is 1.56. The van der Waals surface area contributed by atoms with E-state index in [-0.39, 0.29) is 11.8 Å². The number of aromatic hydroxyl groups is 2. The van der Waals surface area contributed by atoms with Crippen molar-refractivity contribution in [2.24, 2.45) is 7.05 Å². The van der Waals surface area contributed by atoms with Gasteiger partial charge in [-0.05, 0) is 0 Å². The largest absolute Gasteiger partial charge is 0.494 e. The maximum atomic E-state index is 9.41. The predicted octanol–water partition coefficient (Wildman–Crippen LogP) is 1.72. The topological polar surface area (TPSA) is 45.4 Å². The Hall–Kier alpha value is -1.64. The molecule has 0 atom stereocenters. The van der Waals surface area contributed by atoms with Crippen LogP contribution in [0.5, 0.6) is 11.8 Å². The third-order valence-electron chi connectivity index (χ3n) is 1.82. The van der Waals surface area contributed by atoms with Gasteiger partial charge in [0.25, 0.3) is 0 Å². The fourth-order valence-corrected chi connectivity index (χ4v) is 1.11. The first-order valence-electron chi connectivity index (χ1n) is 3.49. The van der Waals surface area contributed by atoms with Crippen molar-refractivity contribution in [1.82, 2.24) is 4.57 Å². The summed E-state index contributed by atoms with van der Waals surface area (Å²) >= 11 is 0. The molecule has 0 bridgehead atoms. The molecule has 0 unspecified atom stereocenters. The zero-order valence-corrected chi connectivity index (χ0v) is 6.91. The van der Waals surface area contributed by atoms with Gasteiger partial charge in [-0.15, -0.1) is 0 Å². The van der Waals surface area contributed by atoms with Gasteiger partial charge >= 0.3 is 0 Å². The highest BCUT2D eigenvalue weighted by molar-refractivity contribution is 5.72. The number of aromatic nitrogens is 1. The van der Waals surface area contributed by atoms with E-state index < -0.39 is 0 Å². The van der Waals surface area contributed by atoms with E-state index in [1.54, 1.807) is 7.05 Å². The molecule has 0 aliphatic carbocycles. The molecular formula is C9H11NO2. The van der Waals surface area contributed by atoms with E-state index in [1.165, 1.54) is 16.7 Å². The van der Waals surface area contributed by atoms with Crippen molar-refractivity contribution in [3.63, 3.8) is 0 Å². The van der Waals surface area contributed by atoms with Crippen LogP contribution >= 0.6 is 0 Å². The SMILES string of the molecule is C=Cc1c(C=C)c(O)n(C)c1O. The Labute approximate surface area is 70.9 Å². The summed E-state index contributed by atoms with van der Waals surface area (Å²) in [5.41, 5.74) is 1.01. The average Bonchev–Trinajstić information content (AvgIpc) is 2.29. The summed E-state index contributed by atoms with van der Waals surface area (Å²) in [6.45, 7) is 7.05. The van der Waals surface area contributed by atoms with Crippen molar-refractivity contribution in [3.8, 4) is 11.8 Å². The van der Waals surface area contributed by atoms with Crippen molar-refractivity contribution < 1.29 is 10.2 Å². The van der Waals surface area contributed by atoms with Crippen LogP contribution in [0.1, 0.15) is 11.1 Å². The first kappa shape index (κ1) is 8.46. The number of hydrogen-bond donors (Lipinski definition) is 2. The molecule has 3 nitrogen and oxygen atoms in total. The summed E-state index contributed by atoms with van der Waals surface area (Å²) in [6, 6.07) is 0. The number of hydrogen-bond acceptors (Lipinski definition) is 2. The molecule has 3 heteroatoms. The lowest BCUT2D eigenvalue weighted by Crippen LogP contribution is -1.84. The average molecular weight is 165 g/mol. The summed E-state index contributed by atoms with van der Waals surface area (Å²) in [5, 5.41) is 18.8. The maximum absolute atomic E-state index is 9.41. The molecule has 1 rings (SSSR count). The molecular weight excluding hydrogens is 154 g/mol. The predicted molar refractivity (Wildman–Crippen MR) is 48.9 cm³/mol. The summed E-state index contributed by atoms with van der Waals surface area (Å²) in [4.78, 5) is 0. The van der Waals surface area contributed by atoms with E-state index in [9.17, 15) is 10.2 Å². The Morgan fingerprint density at radius 2 is 1.42 bits per heavy atom. The van der Waals surface area contributed by atoms with Gasteiger partial charge in [0.05, 0.1) is 0 Å². The lowest BCUT2D eigenvalue weighted by molar-refractivity contribution is 0.386. The minimum absolute atomic E-state index is 0.00241. The van der Waals surface area contributed by atoms with E-state index in [0.717, 1.165) is 0 Å². The van der Waals surface area contributed by atoms with E-state index in [2.05, 4.69) is 13.2 Å². The quantitative estimate of drug-likeness (QED) is 0.700. The van der Waals surface area contributed by atoms with Gasteiger partial charge in [0.15, 0.2) is 0 Å². The monoisotopic (exact) mass is 165 g/mol. The fraction of sp³-hybridized carbons (Fsp3) is 0.111. The second-order valence-electron chi connectivity index (χ2n) is 2.44. The van der Waals surface area contributed by atoms with Crippen LogP contribution in [0.15, 0.2) is 13.2 Å². The first-order valence-corrected chi connectivity index (χ1v) is 3.49. The lowest BCUT2D eigenvalue weighted by atomic mass is 10.2. The van der Waals surface area contributed by atoms with Crippen molar-refractivity contribution in [2.45, 2.75) is 0 Å². The second-order valence-corrected chi connectivity index (χ2v) is 2.44. The van der Waals surface area contributed by atoms with Crippen LogP contribution in [0.25, 0.3) is 12.2 Å². The second kappa shape index (κ2) is 2.77. The molecule has 0 fully saturated rings. The van der Waals surface area contributed by atoms with E-state index in [4.69, 9.17) is 0 Å². The smallest absolute Gasteiger partial charge is 0.201 e. The van der Waals surface area contributed by atoms with Crippen LogP contribution in [0.3, 0.4) is 0 Å². The number of nitrogens with zero attached hydrogens (tertiary/aromatic N) is 1. The highest BCUT2D eigenvalue weighted by Gasteiger charge is 2.14. The molecule has 1 aromatic heterocycles. The molecule has 0 aliphatic rings. The van der Waals surface area contributed by atoms with Crippen molar-refractivity contribution in [3.05, 3.63) is 24.3 Å². The normalized spacial score (nSPS) is 9.75. The zero-order chi connectivity index (χ0) is 9.30. The van der Waals surface area contributed by atoms with Gasteiger partial charge in [0, 0.05) is 18.2 Å². The van der Waals surface area contributed by atoms with E-state index in [0.29, 0.717) is 11.1 Å². The molecule has 0 aliphatic heterocycles. The van der Waals surface area contributed by atoms with Gasteiger partial charge in [-0.1, -0.05) is 25.3 Å². The molecule has 0 aromatic carbocycles. The van der Waals surface area contributed by atoms with Crippen molar-refractivity contribution >= 4 is 12.2 Å². The maximum Gasteiger partial charge on any atom is 0.201 e. The number of rotatable bonds is 2. The van der Waals surface area contributed by atoms with Crippen LogP contribution in [0.4, 0.5) is 0 Å². The Bertz CT molecular complexity index is 305. The first-order chi connectivity index (χ1) is 5.63. The molecule has 0 saturated heterocycles. The third kappa shape index (κ3) is 0.906.